The average molecular weight is 192 g/mol. The number of aryl methyl sites for hydroxylation is 1. The van der Waals surface area contributed by atoms with Gasteiger partial charge in [0.1, 0.15) is 12.4 Å². The van der Waals surface area contributed by atoms with Crippen LogP contribution in [0.5, 0.6) is 5.75 Å². The zero-order valence-electron chi connectivity index (χ0n) is 8.53. The highest BCUT2D eigenvalue weighted by molar-refractivity contribution is 5.27. The second kappa shape index (κ2) is 4.47. The molecule has 0 aromatic heterocycles. The van der Waals surface area contributed by atoms with Crippen molar-refractivity contribution in [2.75, 3.05) is 13.2 Å². The Labute approximate surface area is 84.8 Å². The smallest absolute Gasteiger partial charge is 0.119 e. The van der Waals surface area contributed by atoms with Gasteiger partial charge in [0.15, 0.2) is 0 Å². The highest BCUT2D eigenvalue weighted by atomic mass is 16.5. The molecule has 2 nitrogen and oxygen atoms in total. The Balaban J connectivity index is 1.85. The summed E-state index contributed by atoms with van der Waals surface area (Å²) in [6, 6.07) is 8.12. The van der Waals surface area contributed by atoms with Gasteiger partial charge >= 0.3 is 0 Å². The summed E-state index contributed by atoms with van der Waals surface area (Å²) >= 11 is 0. The van der Waals surface area contributed by atoms with E-state index in [-0.39, 0.29) is 0 Å². The van der Waals surface area contributed by atoms with Crippen LogP contribution in [0.3, 0.4) is 0 Å². The van der Waals surface area contributed by atoms with Gasteiger partial charge in [0, 0.05) is 6.61 Å². The first kappa shape index (κ1) is 9.53. The molecule has 1 aromatic rings. The van der Waals surface area contributed by atoms with Gasteiger partial charge in [-0.3, -0.25) is 0 Å². The predicted octanol–water partition coefficient (Wildman–Crippen LogP) is 2.55. The van der Waals surface area contributed by atoms with Crippen LogP contribution in [0.4, 0.5) is 0 Å². The molecule has 0 spiro atoms. The first-order valence-corrected chi connectivity index (χ1v) is 5.16. The van der Waals surface area contributed by atoms with Crippen LogP contribution in [-0.2, 0) is 4.74 Å². The fourth-order valence-electron chi connectivity index (χ4n) is 1.67. The van der Waals surface area contributed by atoms with E-state index in [0.717, 1.165) is 18.8 Å². The lowest BCUT2D eigenvalue weighted by molar-refractivity contribution is 0.0679. The lowest BCUT2D eigenvalue weighted by Gasteiger charge is -2.11. The van der Waals surface area contributed by atoms with Gasteiger partial charge in [-0.15, -0.1) is 0 Å². The van der Waals surface area contributed by atoms with E-state index in [2.05, 4.69) is 19.1 Å². The maximum absolute atomic E-state index is 5.65. The molecule has 0 radical (unpaired) electrons. The van der Waals surface area contributed by atoms with Crippen LogP contribution in [0.1, 0.15) is 18.4 Å². The highest BCUT2D eigenvalue weighted by Gasteiger charge is 2.15. The van der Waals surface area contributed by atoms with Crippen LogP contribution in [-0.4, -0.2) is 19.3 Å². The van der Waals surface area contributed by atoms with Gasteiger partial charge in [-0.1, -0.05) is 12.1 Å². The molecule has 1 atom stereocenters. The van der Waals surface area contributed by atoms with Crippen molar-refractivity contribution >= 4 is 0 Å². The van der Waals surface area contributed by atoms with Gasteiger partial charge in [0.05, 0.1) is 6.10 Å². The molecule has 0 amide bonds. The molecule has 0 bridgehead atoms. The molecule has 0 aliphatic carbocycles. The van der Waals surface area contributed by atoms with Crippen molar-refractivity contribution in [1.82, 2.24) is 0 Å². The van der Waals surface area contributed by atoms with Gasteiger partial charge in [0.2, 0.25) is 0 Å². The summed E-state index contributed by atoms with van der Waals surface area (Å²) in [6.07, 6.45) is 2.60. The van der Waals surface area contributed by atoms with E-state index in [0.29, 0.717) is 12.7 Å². The van der Waals surface area contributed by atoms with Crippen molar-refractivity contribution in [2.45, 2.75) is 25.9 Å². The van der Waals surface area contributed by atoms with Crippen LogP contribution in [0.2, 0.25) is 0 Å². The summed E-state index contributed by atoms with van der Waals surface area (Å²) in [6.45, 7) is 3.64. The van der Waals surface area contributed by atoms with Gasteiger partial charge < -0.3 is 9.47 Å². The van der Waals surface area contributed by atoms with Crippen molar-refractivity contribution in [3.05, 3.63) is 29.8 Å². The normalized spacial score (nSPS) is 21.1. The first-order valence-electron chi connectivity index (χ1n) is 5.16. The molecular formula is C12H16O2. The number of hydrogen-bond donors (Lipinski definition) is 0. The molecule has 2 heteroatoms. The summed E-state index contributed by atoms with van der Waals surface area (Å²) in [5.74, 6) is 0.945. The first-order chi connectivity index (χ1) is 6.84. The third-order valence-electron chi connectivity index (χ3n) is 2.45. The van der Waals surface area contributed by atoms with Crippen LogP contribution in [0, 0.1) is 6.92 Å². The Kier molecular flexibility index (Phi) is 3.04. The topological polar surface area (TPSA) is 18.5 Å². The van der Waals surface area contributed by atoms with E-state index >= 15 is 0 Å². The second-order valence-corrected chi connectivity index (χ2v) is 3.76. The molecule has 1 unspecified atom stereocenters. The summed E-state index contributed by atoms with van der Waals surface area (Å²) in [7, 11) is 0. The van der Waals surface area contributed by atoms with E-state index in [1.807, 2.05) is 12.1 Å². The Hall–Kier alpha value is -1.02. The molecule has 1 aliphatic rings. The van der Waals surface area contributed by atoms with Gasteiger partial charge in [0.25, 0.3) is 0 Å². The standard InChI is InChI=1S/C12H16O2/c1-10-4-2-5-11(8-10)14-9-12-6-3-7-13-12/h2,4-5,8,12H,3,6-7,9H2,1H3. The van der Waals surface area contributed by atoms with Gasteiger partial charge in [-0.25, -0.2) is 0 Å². The number of hydrogen-bond acceptors (Lipinski definition) is 2. The SMILES string of the molecule is Cc1cccc(OCC2CCCO2)c1. The molecule has 0 saturated carbocycles. The van der Waals surface area contributed by atoms with Crippen molar-refractivity contribution in [2.24, 2.45) is 0 Å². The zero-order chi connectivity index (χ0) is 9.80. The van der Waals surface area contributed by atoms with Gasteiger partial charge in [-0.05, 0) is 37.5 Å². The zero-order valence-corrected chi connectivity index (χ0v) is 8.53. The minimum Gasteiger partial charge on any atom is -0.491 e. The van der Waals surface area contributed by atoms with E-state index < -0.39 is 0 Å². The Bertz CT molecular complexity index is 290. The van der Waals surface area contributed by atoms with E-state index in [1.165, 1.54) is 12.0 Å². The van der Waals surface area contributed by atoms with Crippen molar-refractivity contribution in [1.29, 1.82) is 0 Å². The van der Waals surface area contributed by atoms with Crippen molar-refractivity contribution in [3.63, 3.8) is 0 Å². The fourth-order valence-corrected chi connectivity index (χ4v) is 1.67. The van der Waals surface area contributed by atoms with Crippen LogP contribution in [0.15, 0.2) is 24.3 Å². The molecule has 1 aromatic carbocycles. The second-order valence-electron chi connectivity index (χ2n) is 3.76. The number of ether oxygens (including phenoxy) is 2. The van der Waals surface area contributed by atoms with E-state index in [4.69, 9.17) is 9.47 Å². The molecule has 14 heavy (non-hydrogen) atoms. The summed E-state index contributed by atoms with van der Waals surface area (Å²) in [5.41, 5.74) is 1.23. The van der Waals surface area contributed by atoms with Crippen LogP contribution in [0.25, 0.3) is 0 Å². The quantitative estimate of drug-likeness (QED) is 0.732. The lowest BCUT2D eigenvalue weighted by Crippen LogP contribution is -2.16. The minimum atomic E-state index is 0.301. The maximum Gasteiger partial charge on any atom is 0.119 e. The minimum absolute atomic E-state index is 0.301. The molecule has 1 heterocycles. The molecular weight excluding hydrogens is 176 g/mol. The van der Waals surface area contributed by atoms with E-state index in [1.54, 1.807) is 0 Å². The Morgan fingerprint density at radius 2 is 2.43 bits per heavy atom. The van der Waals surface area contributed by atoms with Crippen LogP contribution >= 0.6 is 0 Å². The lowest BCUT2D eigenvalue weighted by atomic mass is 10.2. The third-order valence-corrected chi connectivity index (χ3v) is 2.45. The fraction of sp³-hybridized carbons (Fsp3) is 0.500. The third kappa shape index (κ3) is 2.48. The average Bonchev–Trinajstić information content (AvgIpc) is 2.67. The highest BCUT2D eigenvalue weighted by Crippen LogP contribution is 2.16. The van der Waals surface area contributed by atoms with Crippen molar-refractivity contribution in [3.8, 4) is 5.75 Å². The molecule has 0 N–H and O–H groups in total. The monoisotopic (exact) mass is 192 g/mol. The largest absolute Gasteiger partial charge is 0.491 e. The Morgan fingerprint density at radius 3 is 3.14 bits per heavy atom. The van der Waals surface area contributed by atoms with Crippen molar-refractivity contribution < 1.29 is 9.47 Å². The maximum atomic E-state index is 5.65. The molecule has 1 fully saturated rings. The van der Waals surface area contributed by atoms with Crippen LogP contribution < -0.4 is 4.74 Å². The Morgan fingerprint density at radius 1 is 1.50 bits per heavy atom. The summed E-state index contributed by atoms with van der Waals surface area (Å²) in [4.78, 5) is 0. The van der Waals surface area contributed by atoms with Gasteiger partial charge in [-0.2, -0.15) is 0 Å². The number of rotatable bonds is 3. The molecule has 76 valence electrons. The summed E-state index contributed by atoms with van der Waals surface area (Å²) in [5, 5.41) is 0. The molecule has 2 rings (SSSR count). The predicted molar refractivity (Wildman–Crippen MR) is 55.6 cm³/mol. The molecule has 1 aliphatic heterocycles. The molecule has 1 saturated heterocycles. The number of benzene rings is 1. The van der Waals surface area contributed by atoms with E-state index in [9.17, 15) is 0 Å². The summed E-state index contributed by atoms with van der Waals surface area (Å²) < 4.78 is 11.1.